The van der Waals surface area contributed by atoms with Crippen LogP contribution in [0.1, 0.15) is 30.5 Å². The van der Waals surface area contributed by atoms with E-state index in [2.05, 4.69) is 20.8 Å². The van der Waals surface area contributed by atoms with Crippen LogP contribution in [0.15, 0.2) is 42.5 Å². The summed E-state index contributed by atoms with van der Waals surface area (Å²) in [4.78, 5) is 26.3. The lowest BCUT2D eigenvalue weighted by Gasteiger charge is -2.14. The first-order valence-corrected chi connectivity index (χ1v) is 9.00. The average Bonchev–Trinajstić information content (AvgIpc) is 3.36. The minimum atomic E-state index is -1.31. The normalized spacial score (nSPS) is 19.0. The van der Waals surface area contributed by atoms with Gasteiger partial charge in [-0.3, -0.25) is 4.79 Å². The number of carbonyl (C=O) groups is 2. The van der Waals surface area contributed by atoms with Gasteiger partial charge in [0.15, 0.2) is 5.82 Å². The van der Waals surface area contributed by atoms with Crippen molar-refractivity contribution >= 4 is 17.6 Å². The fourth-order valence-electron chi connectivity index (χ4n) is 3.40. The Morgan fingerprint density at radius 1 is 1.07 bits per heavy atom. The molecule has 0 spiro atoms. The van der Waals surface area contributed by atoms with Gasteiger partial charge in [-0.15, -0.1) is 5.10 Å². The predicted octanol–water partition coefficient (Wildman–Crippen LogP) is 2.75. The third-order valence-electron chi connectivity index (χ3n) is 4.96. The van der Waals surface area contributed by atoms with Crippen LogP contribution in [0.25, 0.3) is 11.4 Å². The van der Waals surface area contributed by atoms with Crippen molar-refractivity contribution in [3.8, 4) is 11.4 Å². The topological polar surface area (TPSA) is 93.0 Å². The lowest BCUT2D eigenvalue weighted by molar-refractivity contribution is -0.118. The molecule has 146 valence electrons. The Morgan fingerprint density at radius 3 is 2.69 bits per heavy atom. The maximum Gasteiger partial charge on any atom is 0.329 e. The van der Waals surface area contributed by atoms with Gasteiger partial charge in [0, 0.05) is 11.1 Å². The highest BCUT2D eigenvalue weighted by Crippen LogP contribution is 2.37. The number of anilines is 1. The second-order valence-electron chi connectivity index (χ2n) is 6.95. The monoisotopic (exact) mass is 396 g/mol. The number of aromatic nitrogens is 4. The highest BCUT2D eigenvalue weighted by molar-refractivity contribution is 6.21. The first-order valence-electron chi connectivity index (χ1n) is 9.00. The van der Waals surface area contributed by atoms with Crippen LogP contribution in [0, 0.1) is 11.6 Å². The summed E-state index contributed by atoms with van der Waals surface area (Å²) in [5, 5.41) is 14.2. The minimum absolute atomic E-state index is 0.223. The third-order valence-corrected chi connectivity index (χ3v) is 4.96. The summed E-state index contributed by atoms with van der Waals surface area (Å²) in [6, 6.07) is 7.65. The Hall–Kier alpha value is -3.69. The molecule has 8 nitrogen and oxygen atoms in total. The predicted molar refractivity (Wildman–Crippen MR) is 96.6 cm³/mol. The maximum atomic E-state index is 14.1. The van der Waals surface area contributed by atoms with Gasteiger partial charge in [0.05, 0.1) is 11.7 Å². The molecule has 3 amide bonds. The van der Waals surface area contributed by atoms with Crippen LogP contribution in [0.5, 0.6) is 0 Å². The van der Waals surface area contributed by atoms with E-state index in [0.29, 0.717) is 11.4 Å². The van der Waals surface area contributed by atoms with Gasteiger partial charge in [-0.1, -0.05) is 12.1 Å². The summed E-state index contributed by atoms with van der Waals surface area (Å²) < 4.78 is 29.4. The molecule has 10 heteroatoms. The van der Waals surface area contributed by atoms with E-state index in [1.165, 1.54) is 0 Å². The quantitative estimate of drug-likeness (QED) is 0.685. The number of hydrogen-bond donors (Lipinski definition) is 1. The number of tetrazole rings is 1. The standard InChI is InChI=1S/C19H14F2N6O2/c20-11-4-7-15(21)14(9-11)16-18(28)26(19(29)22-16)13-3-1-2-10(8-13)17-23-24-25-27(17)12-5-6-12/h1-4,7-9,12,16H,5-6H2,(H,22,29)/t16-/m0/s1. The van der Waals surface area contributed by atoms with Gasteiger partial charge in [-0.05, 0) is 53.6 Å². The molecular weight excluding hydrogens is 382 g/mol. The SMILES string of the molecule is O=C1N[C@@H](c2cc(F)ccc2F)C(=O)N1c1cccc(-c2nnnn2C2CC2)c1. The molecule has 1 atom stereocenters. The van der Waals surface area contributed by atoms with Crippen molar-refractivity contribution in [2.75, 3.05) is 4.90 Å². The molecule has 1 saturated carbocycles. The van der Waals surface area contributed by atoms with Crippen LogP contribution >= 0.6 is 0 Å². The van der Waals surface area contributed by atoms with Crippen molar-refractivity contribution in [3.63, 3.8) is 0 Å². The Bertz CT molecular complexity index is 1140. The lowest BCUT2D eigenvalue weighted by Crippen LogP contribution is -2.30. The molecule has 2 heterocycles. The van der Waals surface area contributed by atoms with Gasteiger partial charge in [0.2, 0.25) is 0 Å². The third kappa shape index (κ3) is 2.93. The first kappa shape index (κ1) is 17.4. The molecule has 1 aliphatic heterocycles. The Labute approximate surface area is 163 Å². The number of nitrogens with zero attached hydrogens (tertiary/aromatic N) is 5. The summed E-state index contributed by atoms with van der Waals surface area (Å²) in [6.07, 6.45) is 1.98. The molecule has 2 aliphatic rings. The van der Waals surface area contributed by atoms with Crippen molar-refractivity contribution in [3.05, 3.63) is 59.7 Å². The highest BCUT2D eigenvalue weighted by Gasteiger charge is 2.41. The van der Waals surface area contributed by atoms with E-state index in [0.717, 1.165) is 35.9 Å². The van der Waals surface area contributed by atoms with Crippen LogP contribution in [-0.4, -0.2) is 32.1 Å². The van der Waals surface area contributed by atoms with Gasteiger partial charge in [-0.25, -0.2) is 23.2 Å². The fraction of sp³-hybridized carbons (Fsp3) is 0.211. The molecule has 1 N–H and O–H groups in total. The van der Waals surface area contributed by atoms with Crippen molar-refractivity contribution in [2.24, 2.45) is 0 Å². The summed E-state index contributed by atoms with van der Waals surface area (Å²) in [7, 11) is 0. The first-order chi connectivity index (χ1) is 14.0. The molecule has 3 aromatic rings. The number of carbonyl (C=O) groups excluding carboxylic acids is 2. The Kier molecular flexibility index (Phi) is 3.86. The zero-order valence-corrected chi connectivity index (χ0v) is 14.9. The minimum Gasteiger partial charge on any atom is -0.321 e. The van der Waals surface area contributed by atoms with E-state index in [-0.39, 0.29) is 17.3 Å². The number of urea groups is 1. The number of benzene rings is 2. The van der Waals surface area contributed by atoms with E-state index in [4.69, 9.17) is 0 Å². The lowest BCUT2D eigenvalue weighted by atomic mass is 10.1. The number of amides is 3. The van der Waals surface area contributed by atoms with Crippen LogP contribution in [0.4, 0.5) is 19.3 Å². The maximum absolute atomic E-state index is 14.1. The molecule has 0 unspecified atom stereocenters. The van der Waals surface area contributed by atoms with Crippen molar-refractivity contribution < 1.29 is 18.4 Å². The van der Waals surface area contributed by atoms with Crippen molar-refractivity contribution in [1.29, 1.82) is 0 Å². The van der Waals surface area contributed by atoms with E-state index in [9.17, 15) is 18.4 Å². The zero-order chi connectivity index (χ0) is 20.1. The largest absolute Gasteiger partial charge is 0.329 e. The Morgan fingerprint density at radius 2 is 1.90 bits per heavy atom. The van der Waals surface area contributed by atoms with Crippen LogP contribution in [-0.2, 0) is 4.79 Å². The molecule has 1 aromatic heterocycles. The number of halogens is 2. The van der Waals surface area contributed by atoms with Crippen LogP contribution in [0.2, 0.25) is 0 Å². The molecule has 5 rings (SSSR count). The number of rotatable bonds is 4. The second kappa shape index (κ2) is 6.43. The molecule has 0 bridgehead atoms. The zero-order valence-electron chi connectivity index (χ0n) is 14.9. The van der Waals surface area contributed by atoms with Gasteiger partial charge >= 0.3 is 6.03 Å². The van der Waals surface area contributed by atoms with E-state index < -0.39 is 29.6 Å². The van der Waals surface area contributed by atoms with Crippen molar-refractivity contribution in [2.45, 2.75) is 24.9 Å². The smallest absolute Gasteiger partial charge is 0.321 e. The average molecular weight is 396 g/mol. The summed E-state index contributed by atoms with van der Waals surface area (Å²) in [5.74, 6) is -1.63. The number of hydrogen-bond acceptors (Lipinski definition) is 5. The molecular formula is C19H14F2N6O2. The Balaban J connectivity index is 1.50. The van der Waals surface area contributed by atoms with E-state index >= 15 is 0 Å². The van der Waals surface area contributed by atoms with Gasteiger partial charge in [-0.2, -0.15) is 0 Å². The summed E-state index contributed by atoms with van der Waals surface area (Å²) in [5.41, 5.74) is 0.703. The van der Waals surface area contributed by atoms with Crippen LogP contribution < -0.4 is 10.2 Å². The number of nitrogens with one attached hydrogen (secondary N) is 1. The highest BCUT2D eigenvalue weighted by atomic mass is 19.1. The van der Waals surface area contributed by atoms with Crippen LogP contribution in [0.3, 0.4) is 0 Å². The summed E-state index contributed by atoms with van der Waals surface area (Å²) >= 11 is 0. The van der Waals surface area contributed by atoms with Gasteiger partial charge in [0.1, 0.15) is 17.7 Å². The van der Waals surface area contributed by atoms with Gasteiger partial charge < -0.3 is 5.32 Å². The molecule has 1 saturated heterocycles. The molecule has 29 heavy (non-hydrogen) atoms. The molecule has 1 aliphatic carbocycles. The summed E-state index contributed by atoms with van der Waals surface area (Å²) in [6.45, 7) is 0. The molecule has 2 aromatic carbocycles. The van der Waals surface area contributed by atoms with E-state index in [1.54, 1.807) is 28.9 Å². The fourth-order valence-corrected chi connectivity index (χ4v) is 3.40. The van der Waals surface area contributed by atoms with Gasteiger partial charge in [0.25, 0.3) is 5.91 Å². The van der Waals surface area contributed by atoms with Crippen molar-refractivity contribution in [1.82, 2.24) is 25.5 Å². The van der Waals surface area contributed by atoms with E-state index in [1.807, 2.05) is 0 Å². The molecule has 0 radical (unpaired) electrons. The second-order valence-corrected chi connectivity index (χ2v) is 6.95. The molecule has 2 fully saturated rings. The number of imide groups is 1.